The lowest BCUT2D eigenvalue weighted by atomic mass is 10.6. The normalized spacial score (nSPS) is 9.83. The second-order valence-electron chi connectivity index (χ2n) is 1.92. The fourth-order valence-electron chi connectivity index (χ4n) is 0.649. The van der Waals surface area contributed by atoms with E-state index in [9.17, 15) is 4.79 Å². The fraction of sp³-hybridized carbons (Fsp3) is 0.429. The Morgan fingerprint density at radius 2 is 2.58 bits per heavy atom. The standard InChI is InChI=1S/C7H9NO2S2/c1-3-10-6(9)5-4-8-7(11-2)12-5/h4H,3H2,1-2H3. The number of hydrogen-bond acceptors (Lipinski definition) is 5. The van der Waals surface area contributed by atoms with Gasteiger partial charge in [0.15, 0.2) is 0 Å². The van der Waals surface area contributed by atoms with Gasteiger partial charge in [-0.05, 0) is 13.2 Å². The van der Waals surface area contributed by atoms with Crippen molar-refractivity contribution in [1.29, 1.82) is 0 Å². The molecule has 0 bridgehead atoms. The van der Waals surface area contributed by atoms with E-state index in [0.29, 0.717) is 11.5 Å². The van der Waals surface area contributed by atoms with Gasteiger partial charge in [-0.1, -0.05) is 11.8 Å². The molecule has 0 unspecified atom stereocenters. The van der Waals surface area contributed by atoms with Gasteiger partial charge in [-0.3, -0.25) is 0 Å². The molecule has 5 heteroatoms. The molecule has 0 aromatic carbocycles. The first-order chi connectivity index (χ1) is 5.77. The highest BCUT2D eigenvalue weighted by atomic mass is 32.2. The van der Waals surface area contributed by atoms with Crippen molar-refractivity contribution in [2.75, 3.05) is 12.9 Å². The largest absolute Gasteiger partial charge is 0.462 e. The molecule has 0 aliphatic carbocycles. The molecule has 0 atom stereocenters. The third-order valence-electron chi connectivity index (χ3n) is 1.14. The highest BCUT2D eigenvalue weighted by Crippen LogP contribution is 2.22. The van der Waals surface area contributed by atoms with Crippen molar-refractivity contribution in [1.82, 2.24) is 4.98 Å². The van der Waals surface area contributed by atoms with Gasteiger partial charge in [-0.25, -0.2) is 9.78 Å². The van der Waals surface area contributed by atoms with Crippen LogP contribution in [-0.2, 0) is 4.74 Å². The van der Waals surface area contributed by atoms with Crippen molar-refractivity contribution >= 4 is 29.1 Å². The summed E-state index contributed by atoms with van der Waals surface area (Å²) in [7, 11) is 0. The molecular formula is C7H9NO2S2. The van der Waals surface area contributed by atoms with Crippen LogP contribution < -0.4 is 0 Å². The van der Waals surface area contributed by atoms with Gasteiger partial charge in [0.05, 0.1) is 12.8 Å². The first-order valence-electron chi connectivity index (χ1n) is 3.45. The fourth-order valence-corrected chi connectivity index (χ4v) is 1.95. The van der Waals surface area contributed by atoms with Gasteiger partial charge in [0, 0.05) is 0 Å². The quantitative estimate of drug-likeness (QED) is 0.556. The predicted molar refractivity (Wildman–Crippen MR) is 49.9 cm³/mol. The summed E-state index contributed by atoms with van der Waals surface area (Å²) >= 11 is 2.88. The molecule has 1 aromatic rings. The van der Waals surface area contributed by atoms with E-state index in [1.165, 1.54) is 23.1 Å². The Kier molecular flexibility index (Phi) is 3.55. The average molecular weight is 203 g/mol. The molecule has 0 radical (unpaired) electrons. The number of hydrogen-bond donors (Lipinski definition) is 0. The van der Waals surface area contributed by atoms with Gasteiger partial charge < -0.3 is 4.74 Å². The van der Waals surface area contributed by atoms with E-state index in [2.05, 4.69) is 4.98 Å². The third-order valence-corrected chi connectivity index (χ3v) is 3.11. The van der Waals surface area contributed by atoms with Gasteiger partial charge in [0.1, 0.15) is 9.22 Å². The molecule has 0 saturated carbocycles. The van der Waals surface area contributed by atoms with E-state index in [0.717, 1.165) is 4.34 Å². The Labute approximate surface area is 79.1 Å². The summed E-state index contributed by atoms with van der Waals surface area (Å²) < 4.78 is 5.70. The Hall–Kier alpha value is -0.550. The Morgan fingerprint density at radius 1 is 1.83 bits per heavy atom. The van der Waals surface area contributed by atoms with Crippen molar-refractivity contribution in [2.45, 2.75) is 11.3 Å². The van der Waals surface area contributed by atoms with Crippen LogP contribution in [0.3, 0.4) is 0 Å². The summed E-state index contributed by atoms with van der Waals surface area (Å²) in [4.78, 5) is 15.7. The predicted octanol–water partition coefficient (Wildman–Crippen LogP) is 2.04. The first-order valence-corrected chi connectivity index (χ1v) is 5.49. The molecule has 12 heavy (non-hydrogen) atoms. The molecular weight excluding hydrogens is 194 g/mol. The number of thioether (sulfide) groups is 1. The summed E-state index contributed by atoms with van der Waals surface area (Å²) in [5.41, 5.74) is 0. The molecule has 0 aliphatic heterocycles. The number of carbonyl (C=O) groups excluding carboxylic acids is 1. The van der Waals surface area contributed by atoms with Crippen LogP contribution in [0.2, 0.25) is 0 Å². The molecule has 0 spiro atoms. The maximum Gasteiger partial charge on any atom is 0.349 e. The monoisotopic (exact) mass is 203 g/mol. The minimum absolute atomic E-state index is 0.282. The van der Waals surface area contributed by atoms with Crippen LogP contribution in [0.15, 0.2) is 10.5 Å². The Bertz CT molecular complexity index is 272. The summed E-state index contributed by atoms with van der Waals surface area (Å²) in [6.07, 6.45) is 3.47. The summed E-state index contributed by atoms with van der Waals surface area (Å²) in [6, 6.07) is 0. The molecule has 1 rings (SSSR count). The molecule has 3 nitrogen and oxygen atoms in total. The summed E-state index contributed by atoms with van der Waals surface area (Å²) in [6.45, 7) is 2.19. The van der Waals surface area contributed by atoms with Crippen LogP contribution in [0.1, 0.15) is 16.6 Å². The van der Waals surface area contributed by atoms with E-state index in [1.807, 2.05) is 6.26 Å². The number of carbonyl (C=O) groups is 1. The zero-order valence-corrected chi connectivity index (χ0v) is 8.50. The zero-order chi connectivity index (χ0) is 8.97. The smallest absolute Gasteiger partial charge is 0.349 e. The molecule has 0 fully saturated rings. The van der Waals surface area contributed by atoms with E-state index in [4.69, 9.17) is 4.74 Å². The zero-order valence-electron chi connectivity index (χ0n) is 6.86. The van der Waals surface area contributed by atoms with Crippen molar-refractivity contribution in [3.05, 3.63) is 11.1 Å². The third kappa shape index (κ3) is 2.22. The lowest BCUT2D eigenvalue weighted by molar-refractivity contribution is 0.0532. The van der Waals surface area contributed by atoms with Gasteiger partial charge >= 0.3 is 5.97 Å². The van der Waals surface area contributed by atoms with Gasteiger partial charge in [-0.2, -0.15) is 0 Å². The Morgan fingerprint density at radius 3 is 3.08 bits per heavy atom. The minimum atomic E-state index is -0.282. The van der Waals surface area contributed by atoms with Crippen LogP contribution in [0.5, 0.6) is 0 Å². The van der Waals surface area contributed by atoms with E-state index in [1.54, 1.807) is 13.1 Å². The van der Waals surface area contributed by atoms with Gasteiger partial charge in [0.2, 0.25) is 0 Å². The van der Waals surface area contributed by atoms with E-state index in [-0.39, 0.29) is 5.97 Å². The Balaban J connectivity index is 2.68. The van der Waals surface area contributed by atoms with Gasteiger partial charge in [-0.15, -0.1) is 11.3 Å². The number of nitrogens with zero attached hydrogens (tertiary/aromatic N) is 1. The van der Waals surface area contributed by atoms with Crippen molar-refractivity contribution < 1.29 is 9.53 Å². The topological polar surface area (TPSA) is 39.2 Å². The lowest BCUT2D eigenvalue weighted by Crippen LogP contribution is -2.01. The molecule has 0 aliphatic rings. The second kappa shape index (κ2) is 4.47. The summed E-state index contributed by atoms with van der Waals surface area (Å²) in [5, 5.41) is 0. The number of thiazole rings is 1. The van der Waals surface area contributed by atoms with Crippen molar-refractivity contribution in [2.24, 2.45) is 0 Å². The number of rotatable bonds is 3. The summed E-state index contributed by atoms with van der Waals surface area (Å²) in [5.74, 6) is -0.282. The molecule has 1 heterocycles. The maximum absolute atomic E-state index is 11.1. The molecule has 0 saturated heterocycles. The van der Waals surface area contributed by atoms with Gasteiger partial charge in [0.25, 0.3) is 0 Å². The molecule has 0 N–H and O–H groups in total. The molecule has 1 aromatic heterocycles. The number of aromatic nitrogens is 1. The first kappa shape index (κ1) is 9.54. The number of ether oxygens (including phenoxy) is 1. The minimum Gasteiger partial charge on any atom is -0.462 e. The van der Waals surface area contributed by atoms with Crippen LogP contribution in [-0.4, -0.2) is 23.8 Å². The van der Waals surface area contributed by atoms with Crippen LogP contribution in [0, 0.1) is 0 Å². The molecule has 66 valence electrons. The maximum atomic E-state index is 11.1. The SMILES string of the molecule is CCOC(=O)c1cnc(SC)s1. The van der Waals surface area contributed by atoms with Crippen molar-refractivity contribution in [3.8, 4) is 0 Å². The van der Waals surface area contributed by atoms with Crippen LogP contribution in [0.25, 0.3) is 0 Å². The van der Waals surface area contributed by atoms with Crippen molar-refractivity contribution in [3.63, 3.8) is 0 Å². The van der Waals surface area contributed by atoms with E-state index >= 15 is 0 Å². The highest BCUT2D eigenvalue weighted by molar-refractivity contribution is 8.00. The second-order valence-corrected chi connectivity index (χ2v) is 4.00. The van der Waals surface area contributed by atoms with Crippen LogP contribution in [0.4, 0.5) is 0 Å². The van der Waals surface area contributed by atoms with Crippen LogP contribution >= 0.6 is 23.1 Å². The highest BCUT2D eigenvalue weighted by Gasteiger charge is 2.10. The van der Waals surface area contributed by atoms with E-state index < -0.39 is 0 Å². The molecule has 0 amide bonds. The number of esters is 1. The average Bonchev–Trinajstić information content (AvgIpc) is 2.52. The lowest BCUT2D eigenvalue weighted by Gasteiger charge is -1.95.